The number of nitrogens with one attached hydrogen (secondary N) is 1. The second-order valence-electron chi connectivity index (χ2n) is 6.28. The van der Waals surface area contributed by atoms with Crippen LogP contribution in [0.15, 0.2) is 64.9 Å². The largest absolute Gasteiger partial charge is 0.497 e. The van der Waals surface area contributed by atoms with Crippen LogP contribution in [0.25, 0.3) is 0 Å². The van der Waals surface area contributed by atoms with E-state index in [0.717, 1.165) is 15.6 Å². The number of hydrogen-bond donors (Lipinski definition) is 1. The normalized spacial score (nSPS) is 10.9. The zero-order valence-corrected chi connectivity index (χ0v) is 18.6. The lowest BCUT2D eigenvalue weighted by molar-refractivity contribution is 0.0602. The average Bonchev–Trinajstić information content (AvgIpc) is 3.29. The summed E-state index contributed by atoms with van der Waals surface area (Å²) >= 11 is 0.967. The van der Waals surface area contributed by atoms with Crippen LogP contribution in [0.2, 0.25) is 0 Å². The van der Waals surface area contributed by atoms with Crippen molar-refractivity contribution in [3.63, 3.8) is 0 Å². The predicted octanol–water partition coefficient (Wildman–Crippen LogP) is 3.62. The van der Waals surface area contributed by atoms with E-state index in [1.165, 1.54) is 37.7 Å². The van der Waals surface area contributed by atoms with Gasteiger partial charge in [-0.15, -0.1) is 11.3 Å². The molecule has 0 saturated heterocycles. The van der Waals surface area contributed by atoms with Crippen LogP contribution in [0.3, 0.4) is 0 Å². The molecule has 3 rings (SSSR count). The van der Waals surface area contributed by atoms with Crippen LogP contribution in [-0.2, 0) is 14.8 Å². The first-order valence-electron chi connectivity index (χ1n) is 8.98. The third kappa shape index (κ3) is 4.54. The number of esters is 1. The van der Waals surface area contributed by atoms with Gasteiger partial charge in [-0.2, -0.15) is 0 Å². The van der Waals surface area contributed by atoms with Crippen LogP contribution in [-0.4, -0.2) is 41.6 Å². The summed E-state index contributed by atoms with van der Waals surface area (Å²) in [6.45, 7) is 0. The van der Waals surface area contributed by atoms with Gasteiger partial charge in [0.2, 0.25) is 0 Å². The third-order valence-electron chi connectivity index (χ3n) is 4.47. The number of para-hydroxylation sites is 1. The van der Waals surface area contributed by atoms with E-state index >= 15 is 0 Å². The molecule has 1 aromatic heterocycles. The van der Waals surface area contributed by atoms with Crippen LogP contribution in [0.1, 0.15) is 20.0 Å². The highest BCUT2D eigenvalue weighted by atomic mass is 32.2. The van der Waals surface area contributed by atoms with Crippen LogP contribution in [0, 0.1) is 0 Å². The summed E-state index contributed by atoms with van der Waals surface area (Å²) in [5, 5.41) is 4.24. The van der Waals surface area contributed by atoms with Gasteiger partial charge in [0.05, 0.1) is 25.5 Å². The van der Waals surface area contributed by atoms with Crippen molar-refractivity contribution in [2.75, 3.05) is 30.9 Å². The molecule has 0 saturated carbocycles. The van der Waals surface area contributed by atoms with Crippen molar-refractivity contribution >= 4 is 44.6 Å². The average molecular weight is 461 g/mol. The Hall–Kier alpha value is -3.37. The second-order valence-corrected chi connectivity index (χ2v) is 9.13. The summed E-state index contributed by atoms with van der Waals surface area (Å²) < 4.78 is 37.2. The van der Waals surface area contributed by atoms with E-state index in [-0.39, 0.29) is 21.0 Å². The quantitative estimate of drug-likeness (QED) is 0.541. The molecule has 0 aliphatic heterocycles. The maximum atomic E-state index is 13.2. The molecule has 0 aliphatic carbocycles. The van der Waals surface area contributed by atoms with Gasteiger partial charge in [0.15, 0.2) is 0 Å². The molecule has 8 nitrogen and oxygen atoms in total. The fourth-order valence-corrected chi connectivity index (χ4v) is 5.35. The van der Waals surface area contributed by atoms with Crippen LogP contribution in [0.4, 0.5) is 11.4 Å². The number of thiophene rings is 1. The molecule has 2 aromatic carbocycles. The van der Waals surface area contributed by atoms with Crippen molar-refractivity contribution < 1.29 is 27.5 Å². The van der Waals surface area contributed by atoms with Gasteiger partial charge in [-0.1, -0.05) is 12.1 Å². The Bertz CT molecular complexity index is 1200. The molecular weight excluding hydrogens is 440 g/mol. The van der Waals surface area contributed by atoms with Crippen molar-refractivity contribution in [2.45, 2.75) is 4.90 Å². The maximum Gasteiger partial charge on any atom is 0.349 e. The third-order valence-corrected chi connectivity index (χ3v) is 7.31. The fraction of sp³-hybridized carbons (Fsp3) is 0.143. The Balaban J connectivity index is 1.94. The number of sulfonamides is 1. The Morgan fingerprint density at radius 2 is 1.68 bits per heavy atom. The summed E-state index contributed by atoms with van der Waals surface area (Å²) in [5.41, 5.74) is 0.840. The van der Waals surface area contributed by atoms with Crippen LogP contribution < -0.4 is 14.4 Å². The molecule has 0 aliphatic rings. The lowest BCUT2D eigenvalue weighted by Crippen LogP contribution is -2.29. The van der Waals surface area contributed by atoms with Crippen molar-refractivity contribution in [1.29, 1.82) is 0 Å². The highest BCUT2D eigenvalue weighted by molar-refractivity contribution is 7.93. The van der Waals surface area contributed by atoms with Crippen molar-refractivity contribution in [3.8, 4) is 5.75 Å². The molecule has 1 amide bonds. The molecular formula is C21H20N2O6S2. The lowest BCUT2D eigenvalue weighted by atomic mass is 10.1. The lowest BCUT2D eigenvalue weighted by Gasteiger charge is -2.22. The highest BCUT2D eigenvalue weighted by Crippen LogP contribution is 2.30. The SMILES string of the molecule is COC(=O)c1sccc1S(=O)(=O)N(C)c1ccccc1C(=O)Nc1ccc(OC)cc1. The van der Waals surface area contributed by atoms with Crippen molar-refractivity contribution in [3.05, 3.63) is 70.4 Å². The first kappa shape index (κ1) is 22.3. The van der Waals surface area contributed by atoms with Gasteiger partial charge in [0.1, 0.15) is 15.5 Å². The number of nitrogens with zero attached hydrogens (tertiary/aromatic N) is 1. The van der Waals surface area contributed by atoms with E-state index < -0.39 is 21.9 Å². The minimum absolute atomic E-state index is 0.0329. The zero-order valence-electron chi connectivity index (χ0n) is 17.0. The number of ether oxygens (including phenoxy) is 2. The molecule has 31 heavy (non-hydrogen) atoms. The molecule has 10 heteroatoms. The summed E-state index contributed by atoms with van der Waals surface area (Å²) in [7, 11) is -0.0766. The molecule has 1 N–H and O–H groups in total. The van der Waals surface area contributed by atoms with E-state index in [9.17, 15) is 18.0 Å². The minimum atomic E-state index is -4.13. The second kappa shape index (κ2) is 9.19. The number of benzene rings is 2. The molecule has 162 valence electrons. The van der Waals surface area contributed by atoms with Gasteiger partial charge in [-0.3, -0.25) is 9.10 Å². The fourth-order valence-electron chi connectivity index (χ4n) is 2.83. The summed E-state index contributed by atoms with van der Waals surface area (Å²) in [5.74, 6) is -0.588. The molecule has 1 heterocycles. The number of methoxy groups -OCH3 is 2. The topological polar surface area (TPSA) is 102 Å². The molecule has 0 fully saturated rings. The number of anilines is 2. The van der Waals surface area contributed by atoms with E-state index in [4.69, 9.17) is 4.74 Å². The molecule has 0 bridgehead atoms. The Morgan fingerprint density at radius 1 is 1.00 bits per heavy atom. The van der Waals surface area contributed by atoms with Gasteiger partial charge in [-0.05, 0) is 47.8 Å². The van der Waals surface area contributed by atoms with Crippen LogP contribution >= 0.6 is 11.3 Å². The van der Waals surface area contributed by atoms with E-state index in [2.05, 4.69) is 10.1 Å². The van der Waals surface area contributed by atoms with Gasteiger partial charge >= 0.3 is 5.97 Å². The van der Waals surface area contributed by atoms with Crippen molar-refractivity contribution in [1.82, 2.24) is 0 Å². The standard InChI is InChI=1S/C21H20N2O6S2/c1-23(31(26,27)18-12-13-30-19(18)21(25)29-3)17-7-5-4-6-16(17)20(24)22-14-8-10-15(28-2)11-9-14/h4-13H,1-3H3,(H,22,24). The number of hydrogen-bond acceptors (Lipinski definition) is 7. The molecule has 0 unspecified atom stereocenters. The zero-order chi connectivity index (χ0) is 22.6. The highest BCUT2D eigenvalue weighted by Gasteiger charge is 2.30. The smallest absolute Gasteiger partial charge is 0.349 e. The monoisotopic (exact) mass is 460 g/mol. The number of carbonyl (C=O) groups is 2. The predicted molar refractivity (Wildman–Crippen MR) is 119 cm³/mol. The summed E-state index contributed by atoms with van der Waals surface area (Å²) in [4.78, 5) is 24.6. The van der Waals surface area contributed by atoms with Crippen molar-refractivity contribution in [2.24, 2.45) is 0 Å². The first-order valence-corrected chi connectivity index (χ1v) is 11.3. The first-order chi connectivity index (χ1) is 14.8. The maximum absolute atomic E-state index is 13.2. The molecule has 3 aromatic rings. The number of rotatable bonds is 7. The summed E-state index contributed by atoms with van der Waals surface area (Å²) in [6, 6.07) is 14.4. The van der Waals surface area contributed by atoms with Gasteiger partial charge in [-0.25, -0.2) is 13.2 Å². The molecule has 0 atom stereocenters. The molecule has 0 spiro atoms. The number of carbonyl (C=O) groups excluding carboxylic acids is 2. The Morgan fingerprint density at radius 3 is 2.32 bits per heavy atom. The summed E-state index contributed by atoms with van der Waals surface area (Å²) in [6.07, 6.45) is 0. The van der Waals surface area contributed by atoms with E-state index in [0.29, 0.717) is 11.4 Å². The van der Waals surface area contributed by atoms with E-state index in [1.807, 2.05) is 0 Å². The molecule has 0 radical (unpaired) electrons. The van der Waals surface area contributed by atoms with E-state index in [1.54, 1.807) is 43.5 Å². The number of amides is 1. The van der Waals surface area contributed by atoms with Gasteiger partial charge in [0.25, 0.3) is 15.9 Å². The minimum Gasteiger partial charge on any atom is -0.497 e. The Labute approximate surface area is 184 Å². The van der Waals surface area contributed by atoms with Gasteiger partial charge in [0, 0.05) is 12.7 Å². The van der Waals surface area contributed by atoms with Gasteiger partial charge < -0.3 is 14.8 Å². The van der Waals surface area contributed by atoms with Crippen LogP contribution in [0.5, 0.6) is 5.75 Å². The Kier molecular flexibility index (Phi) is 6.62.